The number of aromatic hydroxyl groups is 2. The molecule has 0 heterocycles. The average molecular weight is 604 g/mol. The van der Waals surface area contributed by atoms with E-state index in [1.165, 1.54) is 36.8 Å². The smallest absolute Gasteiger partial charge is 0.127 e. The topological polar surface area (TPSA) is 77.2 Å². The Bertz CT molecular complexity index is 1200. The van der Waals surface area contributed by atoms with Gasteiger partial charge in [-0.25, -0.2) is 0 Å². The van der Waals surface area contributed by atoms with Gasteiger partial charge in [0.25, 0.3) is 0 Å². The van der Waals surface area contributed by atoms with Crippen LogP contribution >= 0.6 is 0 Å². The number of hydrogen-bond acceptors (Lipinski definition) is 5. The Hall–Kier alpha value is -2.66. The number of rotatable bonds is 18. The van der Waals surface area contributed by atoms with E-state index in [9.17, 15) is 10.2 Å². The molecule has 0 aliphatic heterocycles. The van der Waals surface area contributed by atoms with E-state index in [0.29, 0.717) is 11.5 Å². The van der Waals surface area contributed by atoms with E-state index in [4.69, 9.17) is 9.98 Å². The van der Waals surface area contributed by atoms with Crippen LogP contribution in [0.15, 0.2) is 34.3 Å². The third-order valence-electron chi connectivity index (χ3n) is 9.05. The lowest BCUT2D eigenvalue weighted by atomic mass is 9.90. The van der Waals surface area contributed by atoms with E-state index >= 15 is 0 Å². The number of phenols is 2. The average Bonchev–Trinajstić information content (AvgIpc) is 3.00. The lowest BCUT2D eigenvalue weighted by molar-refractivity contribution is 0.390. The molecule has 0 bridgehead atoms. The van der Waals surface area contributed by atoms with Gasteiger partial charge in [0, 0.05) is 23.6 Å². The van der Waals surface area contributed by atoms with Gasteiger partial charge in [-0.1, -0.05) is 85.8 Å². The van der Waals surface area contributed by atoms with E-state index in [1.54, 1.807) is 0 Å². The van der Waals surface area contributed by atoms with Crippen LogP contribution in [0.3, 0.4) is 0 Å². The maximum absolute atomic E-state index is 11.2. The van der Waals surface area contributed by atoms with Crippen LogP contribution in [0.4, 0.5) is 0 Å². The van der Waals surface area contributed by atoms with E-state index in [0.717, 1.165) is 93.1 Å². The predicted octanol–water partition coefficient (Wildman–Crippen LogP) is 9.64. The fourth-order valence-electron chi connectivity index (χ4n) is 6.23. The van der Waals surface area contributed by atoms with Crippen LogP contribution in [-0.4, -0.2) is 47.8 Å². The molecule has 5 heteroatoms. The number of phenolic OH excluding ortho intramolecular Hbond substituents is 2. The molecule has 0 amide bonds. The Morgan fingerprint density at radius 3 is 1.59 bits per heavy atom. The number of nitrogens with zero attached hydrogens (tertiary/aromatic N) is 2. The Labute approximate surface area is 268 Å². The van der Waals surface area contributed by atoms with Gasteiger partial charge in [-0.2, -0.15) is 0 Å². The first-order chi connectivity index (χ1) is 21.2. The van der Waals surface area contributed by atoms with Crippen molar-refractivity contribution < 1.29 is 10.2 Å². The largest absolute Gasteiger partial charge is 0.507 e. The summed E-state index contributed by atoms with van der Waals surface area (Å²) in [5.74, 6) is 1.21. The van der Waals surface area contributed by atoms with Crippen molar-refractivity contribution in [2.75, 3.05) is 13.1 Å². The third kappa shape index (κ3) is 11.1. The Morgan fingerprint density at radius 2 is 1.14 bits per heavy atom. The van der Waals surface area contributed by atoms with Crippen LogP contribution in [0, 0.1) is 0 Å². The molecular weight excluding hydrogens is 542 g/mol. The van der Waals surface area contributed by atoms with E-state index in [-0.39, 0.29) is 23.9 Å². The van der Waals surface area contributed by atoms with Crippen molar-refractivity contribution in [1.29, 1.82) is 0 Å². The summed E-state index contributed by atoms with van der Waals surface area (Å²) in [7, 11) is 0. The van der Waals surface area contributed by atoms with Crippen molar-refractivity contribution in [2.45, 2.75) is 149 Å². The number of aliphatic imine (C=N–C) groups is 2. The molecule has 5 nitrogen and oxygen atoms in total. The Morgan fingerprint density at radius 1 is 0.682 bits per heavy atom. The minimum Gasteiger partial charge on any atom is -0.507 e. The van der Waals surface area contributed by atoms with Crippen molar-refractivity contribution in [3.63, 3.8) is 0 Å². The normalized spacial score (nSPS) is 17.5. The molecule has 2 unspecified atom stereocenters. The van der Waals surface area contributed by atoms with E-state index in [2.05, 4.69) is 71.1 Å². The first-order valence-corrected chi connectivity index (χ1v) is 17.7. The van der Waals surface area contributed by atoms with Crippen LogP contribution in [-0.2, 0) is 12.8 Å². The summed E-state index contributed by atoms with van der Waals surface area (Å²) >= 11 is 0. The molecule has 44 heavy (non-hydrogen) atoms. The van der Waals surface area contributed by atoms with Crippen molar-refractivity contribution in [3.05, 3.63) is 57.6 Å². The number of hydrogen-bond donors (Lipinski definition) is 3. The standard InChI is InChI=1S/C39H61N3O2/c1-7-9-11-16-30-22-32(38(43)34(24-30)28(3)4)26-41-36-18-12-13-19-37(36)42-27-33-23-31(25-35(29(5)6)39(33)44)17-14-15-21-40-20-10-8-2/h22-29,36-37,40,43-44H,7-21H2,1-6H3. The summed E-state index contributed by atoms with van der Waals surface area (Å²) < 4.78 is 0. The van der Waals surface area contributed by atoms with Gasteiger partial charge >= 0.3 is 0 Å². The summed E-state index contributed by atoms with van der Waals surface area (Å²) in [4.78, 5) is 10.1. The maximum atomic E-state index is 11.2. The van der Waals surface area contributed by atoms with E-state index in [1.807, 2.05) is 12.4 Å². The highest BCUT2D eigenvalue weighted by Gasteiger charge is 2.24. The number of benzene rings is 2. The summed E-state index contributed by atoms with van der Waals surface area (Å²) in [6, 6.07) is 8.76. The van der Waals surface area contributed by atoms with Gasteiger partial charge in [0.1, 0.15) is 11.5 Å². The molecular formula is C39H61N3O2. The van der Waals surface area contributed by atoms with Gasteiger partial charge < -0.3 is 15.5 Å². The summed E-state index contributed by atoms with van der Waals surface area (Å²) in [5.41, 5.74) is 6.20. The Balaban J connectivity index is 1.77. The first-order valence-electron chi connectivity index (χ1n) is 17.7. The predicted molar refractivity (Wildman–Crippen MR) is 190 cm³/mol. The zero-order chi connectivity index (χ0) is 31.9. The van der Waals surface area contributed by atoms with Crippen LogP contribution < -0.4 is 5.32 Å². The van der Waals surface area contributed by atoms with Crippen LogP contribution in [0.5, 0.6) is 11.5 Å². The van der Waals surface area contributed by atoms with E-state index < -0.39 is 0 Å². The molecule has 0 aromatic heterocycles. The van der Waals surface area contributed by atoms with Crippen molar-refractivity contribution in [1.82, 2.24) is 5.32 Å². The zero-order valence-electron chi connectivity index (χ0n) is 28.7. The number of unbranched alkanes of at least 4 members (excludes halogenated alkanes) is 4. The highest BCUT2D eigenvalue weighted by Crippen LogP contribution is 2.33. The molecule has 3 N–H and O–H groups in total. The molecule has 2 aromatic carbocycles. The van der Waals surface area contributed by atoms with Gasteiger partial charge in [-0.3, -0.25) is 9.98 Å². The zero-order valence-corrected chi connectivity index (χ0v) is 28.7. The number of aryl methyl sites for hydroxylation is 2. The summed E-state index contributed by atoms with van der Waals surface area (Å²) in [5, 5.41) is 25.8. The SMILES string of the molecule is CCCCCc1cc(C=NC2CCCCC2N=Cc2cc(CCCCNCCCC)cc(C(C)C)c2O)c(O)c(C(C)C)c1. The first kappa shape index (κ1) is 35.8. The molecule has 0 spiro atoms. The molecule has 0 radical (unpaired) electrons. The second-order valence-corrected chi connectivity index (χ2v) is 13.5. The van der Waals surface area contributed by atoms with Gasteiger partial charge in [0.2, 0.25) is 0 Å². The van der Waals surface area contributed by atoms with Crippen molar-refractivity contribution >= 4 is 12.4 Å². The maximum Gasteiger partial charge on any atom is 0.127 e. The molecule has 244 valence electrons. The van der Waals surface area contributed by atoms with Crippen molar-refractivity contribution in [3.8, 4) is 11.5 Å². The molecule has 2 aromatic rings. The van der Waals surface area contributed by atoms with Gasteiger partial charge in [0.05, 0.1) is 12.1 Å². The fraction of sp³-hybridized carbons (Fsp3) is 0.641. The summed E-state index contributed by atoms with van der Waals surface area (Å²) in [6.45, 7) is 15.2. The lowest BCUT2D eigenvalue weighted by Crippen LogP contribution is -2.27. The molecule has 0 saturated heterocycles. The molecule has 2 atom stereocenters. The van der Waals surface area contributed by atoms with Gasteiger partial charge in [-0.15, -0.1) is 0 Å². The molecule has 3 rings (SSSR count). The van der Waals surface area contributed by atoms with Crippen LogP contribution in [0.1, 0.15) is 157 Å². The van der Waals surface area contributed by atoms with Crippen LogP contribution in [0.25, 0.3) is 0 Å². The second-order valence-electron chi connectivity index (χ2n) is 13.5. The molecule has 1 aliphatic rings. The third-order valence-corrected chi connectivity index (χ3v) is 9.05. The van der Waals surface area contributed by atoms with Gasteiger partial charge in [-0.05, 0) is 111 Å². The summed E-state index contributed by atoms with van der Waals surface area (Å²) in [6.07, 6.45) is 18.4. The minimum atomic E-state index is 0.0687. The Kier molecular flexibility index (Phi) is 15.5. The quantitative estimate of drug-likeness (QED) is 0.117. The number of nitrogens with one attached hydrogen (secondary N) is 1. The van der Waals surface area contributed by atoms with Gasteiger partial charge in [0.15, 0.2) is 0 Å². The second kappa shape index (κ2) is 19.0. The highest BCUT2D eigenvalue weighted by molar-refractivity contribution is 5.86. The lowest BCUT2D eigenvalue weighted by Gasteiger charge is -2.25. The van der Waals surface area contributed by atoms with Crippen LogP contribution in [0.2, 0.25) is 0 Å². The fourth-order valence-corrected chi connectivity index (χ4v) is 6.23. The minimum absolute atomic E-state index is 0.0687. The monoisotopic (exact) mass is 603 g/mol. The highest BCUT2D eigenvalue weighted by atomic mass is 16.3. The molecule has 1 aliphatic carbocycles. The molecule has 1 saturated carbocycles. The van der Waals surface area contributed by atoms with Crippen molar-refractivity contribution in [2.24, 2.45) is 9.98 Å². The molecule has 1 fully saturated rings.